The van der Waals surface area contributed by atoms with Crippen LogP contribution in [0.15, 0.2) is 48.5 Å². The molecule has 4 nitrogen and oxygen atoms in total. The molecule has 0 heterocycles. The smallest absolute Gasteiger partial charge is 0.265 e. The maximum absolute atomic E-state index is 12.5. The van der Waals surface area contributed by atoms with Crippen molar-refractivity contribution >= 4 is 11.6 Å². The quantitative estimate of drug-likeness (QED) is 0.833. The van der Waals surface area contributed by atoms with Gasteiger partial charge in [-0.25, -0.2) is 0 Å². The fourth-order valence-electron chi connectivity index (χ4n) is 2.24. The van der Waals surface area contributed by atoms with Crippen molar-refractivity contribution in [3.05, 3.63) is 54.1 Å². The van der Waals surface area contributed by atoms with Crippen molar-refractivity contribution in [2.75, 3.05) is 11.9 Å². The highest BCUT2D eigenvalue weighted by Crippen LogP contribution is 2.24. The number of amides is 1. The van der Waals surface area contributed by atoms with E-state index in [0.29, 0.717) is 30.2 Å². The molecule has 0 fully saturated rings. The number of rotatable bonds is 7. The van der Waals surface area contributed by atoms with Gasteiger partial charge in [-0.05, 0) is 50.1 Å². The molecule has 0 unspecified atom stereocenters. The largest absolute Gasteiger partial charge is 0.492 e. The number of hydrogen-bond donors (Lipinski definition) is 1. The van der Waals surface area contributed by atoms with Gasteiger partial charge < -0.3 is 14.8 Å². The molecular weight excluding hydrogens is 290 g/mol. The molecule has 0 radical (unpaired) electrons. The molecule has 2 rings (SSSR count). The van der Waals surface area contributed by atoms with Gasteiger partial charge in [-0.15, -0.1) is 0 Å². The summed E-state index contributed by atoms with van der Waals surface area (Å²) in [6.45, 7) is 6.37. The third-order valence-corrected chi connectivity index (χ3v) is 3.38. The molecule has 0 aliphatic heterocycles. The second-order valence-electron chi connectivity index (χ2n) is 5.25. The van der Waals surface area contributed by atoms with E-state index in [-0.39, 0.29) is 5.91 Å². The predicted molar refractivity (Wildman–Crippen MR) is 92.1 cm³/mol. The van der Waals surface area contributed by atoms with Gasteiger partial charge in [0, 0.05) is 0 Å². The Kier molecular flexibility index (Phi) is 6.03. The van der Waals surface area contributed by atoms with E-state index in [1.807, 2.05) is 69.3 Å². The number of carbonyl (C=O) groups is 1. The number of ether oxygens (including phenoxy) is 2. The van der Waals surface area contributed by atoms with E-state index in [9.17, 15) is 4.79 Å². The van der Waals surface area contributed by atoms with Gasteiger partial charge in [0.05, 0.1) is 12.3 Å². The first-order valence-corrected chi connectivity index (χ1v) is 7.90. The van der Waals surface area contributed by atoms with E-state index in [0.717, 1.165) is 5.56 Å². The van der Waals surface area contributed by atoms with Crippen LogP contribution in [0, 0.1) is 6.92 Å². The Morgan fingerprint density at radius 2 is 1.91 bits per heavy atom. The van der Waals surface area contributed by atoms with Gasteiger partial charge in [-0.1, -0.05) is 31.2 Å². The van der Waals surface area contributed by atoms with Crippen molar-refractivity contribution in [2.45, 2.75) is 33.3 Å². The average molecular weight is 313 g/mol. The van der Waals surface area contributed by atoms with E-state index >= 15 is 0 Å². The maximum Gasteiger partial charge on any atom is 0.265 e. The van der Waals surface area contributed by atoms with Gasteiger partial charge in [0.2, 0.25) is 0 Å². The Labute approximate surface area is 137 Å². The molecule has 0 bridgehead atoms. The summed E-state index contributed by atoms with van der Waals surface area (Å²) in [6.07, 6.45) is 0.0304. The standard InChI is InChI=1S/C19H23NO3/c1-4-17(23-15-10-8-9-14(3)13-15)19(21)20-16-11-6-7-12-18(16)22-5-2/h6-13,17H,4-5H2,1-3H3,(H,20,21)/t17-/m0/s1. The van der Waals surface area contributed by atoms with Gasteiger partial charge in [0.1, 0.15) is 11.5 Å². The van der Waals surface area contributed by atoms with Crippen LogP contribution in [0.3, 0.4) is 0 Å². The Bertz CT molecular complexity index is 655. The van der Waals surface area contributed by atoms with E-state index in [1.165, 1.54) is 0 Å². The van der Waals surface area contributed by atoms with Crippen LogP contribution in [0.2, 0.25) is 0 Å². The van der Waals surface area contributed by atoms with E-state index in [4.69, 9.17) is 9.47 Å². The molecule has 122 valence electrons. The fourth-order valence-corrected chi connectivity index (χ4v) is 2.24. The molecule has 0 saturated heterocycles. The Hall–Kier alpha value is -2.49. The molecule has 23 heavy (non-hydrogen) atoms. The molecule has 0 aliphatic rings. The minimum atomic E-state index is -0.550. The van der Waals surface area contributed by atoms with Crippen molar-refractivity contribution in [1.29, 1.82) is 0 Å². The fraction of sp³-hybridized carbons (Fsp3) is 0.316. The van der Waals surface area contributed by atoms with Crippen molar-refractivity contribution in [3.63, 3.8) is 0 Å². The summed E-state index contributed by atoms with van der Waals surface area (Å²) >= 11 is 0. The monoisotopic (exact) mass is 313 g/mol. The van der Waals surface area contributed by atoms with Gasteiger partial charge in [0.15, 0.2) is 6.10 Å². The summed E-state index contributed by atoms with van der Waals surface area (Å²) in [4.78, 5) is 12.5. The molecular formula is C19H23NO3. The van der Waals surface area contributed by atoms with Crippen molar-refractivity contribution < 1.29 is 14.3 Å². The molecule has 1 atom stereocenters. The second-order valence-corrected chi connectivity index (χ2v) is 5.25. The van der Waals surface area contributed by atoms with Crippen LogP contribution in [-0.2, 0) is 4.79 Å². The first kappa shape index (κ1) is 16.9. The summed E-state index contributed by atoms with van der Waals surface area (Å²) in [5, 5.41) is 2.89. The third kappa shape index (κ3) is 4.74. The van der Waals surface area contributed by atoms with Gasteiger partial charge >= 0.3 is 0 Å². The van der Waals surface area contributed by atoms with Crippen LogP contribution < -0.4 is 14.8 Å². The van der Waals surface area contributed by atoms with Crippen molar-refractivity contribution in [2.24, 2.45) is 0 Å². The zero-order valence-electron chi connectivity index (χ0n) is 13.8. The SMILES string of the molecule is CCOc1ccccc1NC(=O)[C@H](CC)Oc1cccc(C)c1. The number of carbonyl (C=O) groups excluding carboxylic acids is 1. The number of hydrogen-bond acceptors (Lipinski definition) is 3. The molecule has 0 aromatic heterocycles. The Balaban J connectivity index is 2.08. The second kappa shape index (κ2) is 8.22. The first-order chi connectivity index (χ1) is 11.1. The van der Waals surface area contributed by atoms with Gasteiger partial charge in [-0.2, -0.15) is 0 Å². The van der Waals surface area contributed by atoms with Gasteiger partial charge in [0.25, 0.3) is 5.91 Å². The first-order valence-electron chi connectivity index (χ1n) is 7.90. The molecule has 1 N–H and O–H groups in total. The van der Waals surface area contributed by atoms with Crippen LogP contribution in [0.1, 0.15) is 25.8 Å². The molecule has 1 amide bonds. The number of benzene rings is 2. The van der Waals surface area contributed by atoms with E-state index < -0.39 is 6.10 Å². The molecule has 0 saturated carbocycles. The zero-order chi connectivity index (χ0) is 16.7. The van der Waals surface area contributed by atoms with Crippen LogP contribution in [-0.4, -0.2) is 18.6 Å². The summed E-state index contributed by atoms with van der Waals surface area (Å²) < 4.78 is 11.4. The lowest BCUT2D eigenvalue weighted by Crippen LogP contribution is -2.32. The number of aryl methyl sites for hydroxylation is 1. The number of anilines is 1. The molecule has 0 spiro atoms. The number of para-hydroxylation sites is 2. The predicted octanol–water partition coefficient (Wildman–Crippen LogP) is 4.19. The average Bonchev–Trinajstić information content (AvgIpc) is 2.54. The minimum absolute atomic E-state index is 0.179. The van der Waals surface area contributed by atoms with Crippen molar-refractivity contribution in [3.8, 4) is 11.5 Å². The molecule has 2 aromatic carbocycles. The van der Waals surface area contributed by atoms with Crippen molar-refractivity contribution in [1.82, 2.24) is 0 Å². The summed E-state index contributed by atoms with van der Waals surface area (Å²) in [6, 6.07) is 15.1. The molecule has 0 aliphatic carbocycles. The van der Waals surface area contributed by atoms with Crippen LogP contribution in [0.5, 0.6) is 11.5 Å². The number of nitrogens with one attached hydrogen (secondary N) is 1. The lowest BCUT2D eigenvalue weighted by atomic mass is 10.2. The highest BCUT2D eigenvalue weighted by Gasteiger charge is 2.19. The summed E-state index contributed by atoms with van der Waals surface area (Å²) in [7, 11) is 0. The zero-order valence-corrected chi connectivity index (χ0v) is 13.8. The topological polar surface area (TPSA) is 47.6 Å². The van der Waals surface area contributed by atoms with Crippen LogP contribution >= 0.6 is 0 Å². The maximum atomic E-state index is 12.5. The highest BCUT2D eigenvalue weighted by molar-refractivity contribution is 5.95. The lowest BCUT2D eigenvalue weighted by molar-refractivity contribution is -0.122. The Morgan fingerprint density at radius 3 is 2.61 bits per heavy atom. The summed E-state index contributed by atoms with van der Waals surface area (Å²) in [5.41, 5.74) is 1.75. The van der Waals surface area contributed by atoms with Crippen LogP contribution in [0.4, 0.5) is 5.69 Å². The Morgan fingerprint density at radius 1 is 1.13 bits per heavy atom. The highest BCUT2D eigenvalue weighted by atomic mass is 16.5. The lowest BCUT2D eigenvalue weighted by Gasteiger charge is -2.18. The van der Waals surface area contributed by atoms with Gasteiger partial charge in [-0.3, -0.25) is 4.79 Å². The van der Waals surface area contributed by atoms with E-state index in [1.54, 1.807) is 0 Å². The molecule has 2 aromatic rings. The minimum Gasteiger partial charge on any atom is -0.492 e. The third-order valence-electron chi connectivity index (χ3n) is 3.38. The van der Waals surface area contributed by atoms with E-state index in [2.05, 4.69) is 5.32 Å². The summed E-state index contributed by atoms with van der Waals surface area (Å²) in [5.74, 6) is 1.18. The molecule has 4 heteroatoms. The van der Waals surface area contributed by atoms with Crippen LogP contribution in [0.25, 0.3) is 0 Å². The normalized spacial score (nSPS) is 11.6.